The summed E-state index contributed by atoms with van der Waals surface area (Å²) in [5, 5.41) is 5.75. The van der Waals surface area contributed by atoms with Crippen molar-refractivity contribution in [2.24, 2.45) is 0 Å². The molecular weight excluding hydrogens is 286 g/mol. The molecule has 0 aliphatic rings. The van der Waals surface area contributed by atoms with E-state index in [0.29, 0.717) is 6.61 Å². The van der Waals surface area contributed by atoms with Crippen LogP contribution in [0.2, 0.25) is 0 Å². The zero-order valence-corrected chi connectivity index (χ0v) is 14.6. The van der Waals surface area contributed by atoms with E-state index in [2.05, 4.69) is 55.3 Å². The molecule has 0 N–H and O–H groups in total. The fourth-order valence-corrected chi connectivity index (χ4v) is 2.42. The second-order valence-electron chi connectivity index (χ2n) is 6.02. The van der Waals surface area contributed by atoms with Gasteiger partial charge in [-0.1, -0.05) is 35.9 Å². The minimum Gasteiger partial charge on any atom is -0.476 e. The highest BCUT2D eigenvalue weighted by Gasteiger charge is 2.11. The summed E-state index contributed by atoms with van der Waals surface area (Å²) in [6, 6.07) is 8.24. The van der Waals surface area contributed by atoms with Crippen LogP contribution in [0.5, 0.6) is 5.88 Å². The highest BCUT2D eigenvalue weighted by atomic mass is 16.5. The van der Waals surface area contributed by atoms with Crippen molar-refractivity contribution >= 4 is 10.9 Å². The second kappa shape index (κ2) is 8.53. The van der Waals surface area contributed by atoms with Crippen molar-refractivity contribution < 1.29 is 4.74 Å². The lowest BCUT2D eigenvalue weighted by atomic mass is 10.2. The summed E-state index contributed by atoms with van der Waals surface area (Å²) >= 11 is 0. The smallest absolute Gasteiger partial charge is 0.240 e. The van der Waals surface area contributed by atoms with Crippen molar-refractivity contribution in [1.82, 2.24) is 14.7 Å². The van der Waals surface area contributed by atoms with E-state index in [1.54, 1.807) is 0 Å². The molecule has 1 heterocycles. The lowest BCUT2D eigenvalue weighted by molar-refractivity contribution is 0.273. The maximum absolute atomic E-state index is 5.92. The Morgan fingerprint density at radius 2 is 2.09 bits per heavy atom. The fourth-order valence-electron chi connectivity index (χ4n) is 2.42. The van der Waals surface area contributed by atoms with E-state index >= 15 is 0 Å². The number of hydrogen-bond donors (Lipinski definition) is 0. The van der Waals surface area contributed by atoms with Crippen LogP contribution < -0.4 is 4.74 Å². The minimum absolute atomic E-state index is 0.687. The number of fused-ring (bicyclic) bond motifs is 1. The van der Waals surface area contributed by atoms with Gasteiger partial charge in [0, 0.05) is 6.54 Å². The Bertz CT molecular complexity index is 683. The molecule has 0 fully saturated rings. The van der Waals surface area contributed by atoms with Crippen molar-refractivity contribution in [2.75, 3.05) is 27.2 Å². The third-order valence-electron chi connectivity index (χ3n) is 3.58. The normalized spacial score (nSPS) is 12.7. The van der Waals surface area contributed by atoms with E-state index in [1.165, 1.54) is 5.57 Å². The van der Waals surface area contributed by atoms with Crippen molar-refractivity contribution in [3.05, 3.63) is 48.1 Å². The standard InChI is InChI=1S/C19H27N3O/c1-5-6-10-16(2)15-22-18-12-8-7-11-17(18)19(20-22)23-14-9-13-21(3)4/h5-8,10-12H,9,13-15H2,1-4H3/b6-5-,16-10+. The molecular formula is C19H27N3O. The predicted molar refractivity (Wildman–Crippen MR) is 97.0 cm³/mol. The van der Waals surface area contributed by atoms with Gasteiger partial charge in [-0.2, -0.15) is 0 Å². The van der Waals surface area contributed by atoms with Gasteiger partial charge in [-0.25, -0.2) is 0 Å². The predicted octanol–water partition coefficient (Wildman–Crippen LogP) is 3.89. The lowest BCUT2D eigenvalue weighted by Gasteiger charge is -2.09. The van der Waals surface area contributed by atoms with Crippen molar-refractivity contribution in [2.45, 2.75) is 26.8 Å². The van der Waals surface area contributed by atoms with Gasteiger partial charge in [-0.15, -0.1) is 5.10 Å². The van der Waals surface area contributed by atoms with E-state index in [4.69, 9.17) is 4.74 Å². The SMILES string of the molecule is C/C=C\C=C(/C)Cn1nc(OCCCN(C)C)c2ccccc21. The summed E-state index contributed by atoms with van der Waals surface area (Å²) in [6.07, 6.45) is 7.20. The maximum atomic E-state index is 5.92. The van der Waals surface area contributed by atoms with Gasteiger partial charge in [0.15, 0.2) is 0 Å². The molecule has 1 aromatic heterocycles. The number of aromatic nitrogens is 2. The molecule has 0 unspecified atom stereocenters. The van der Waals surface area contributed by atoms with Gasteiger partial charge in [0.05, 0.1) is 24.1 Å². The molecule has 0 radical (unpaired) electrons. The molecule has 0 aliphatic carbocycles. The van der Waals surface area contributed by atoms with Crippen molar-refractivity contribution in [3.8, 4) is 5.88 Å². The zero-order valence-electron chi connectivity index (χ0n) is 14.6. The maximum Gasteiger partial charge on any atom is 0.240 e. The van der Waals surface area contributed by atoms with Crippen LogP contribution in [0, 0.1) is 0 Å². The quantitative estimate of drug-likeness (QED) is 0.547. The molecule has 0 aliphatic heterocycles. The van der Waals surface area contributed by atoms with Crippen molar-refractivity contribution in [1.29, 1.82) is 0 Å². The average Bonchev–Trinajstić information content (AvgIpc) is 2.87. The Morgan fingerprint density at radius 3 is 2.83 bits per heavy atom. The first-order valence-electron chi connectivity index (χ1n) is 8.13. The fraction of sp³-hybridized carbons (Fsp3) is 0.421. The third-order valence-corrected chi connectivity index (χ3v) is 3.58. The van der Waals surface area contributed by atoms with Gasteiger partial charge in [0.2, 0.25) is 5.88 Å². The van der Waals surface area contributed by atoms with E-state index in [9.17, 15) is 0 Å². The number of benzene rings is 1. The highest BCUT2D eigenvalue weighted by molar-refractivity contribution is 5.84. The minimum atomic E-state index is 0.687. The first-order chi connectivity index (χ1) is 11.1. The Kier molecular flexibility index (Phi) is 6.41. The molecule has 23 heavy (non-hydrogen) atoms. The van der Waals surface area contributed by atoms with Crippen LogP contribution in [-0.4, -0.2) is 41.9 Å². The Labute approximate surface area is 139 Å². The topological polar surface area (TPSA) is 30.3 Å². The van der Waals surface area contributed by atoms with Crippen LogP contribution in [0.25, 0.3) is 10.9 Å². The second-order valence-corrected chi connectivity index (χ2v) is 6.02. The highest BCUT2D eigenvalue weighted by Crippen LogP contribution is 2.25. The molecule has 2 rings (SSSR count). The number of para-hydroxylation sites is 1. The largest absolute Gasteiger partial charge is 0.476 e. The molecule has 4 heteroatoms. The van der Waals surface area contributed by atoms with Gasteiger partial charge in [0.1, 0.15) is 0 Å². The van der Waals surface area contributed by atoms with Crippen molar-refractivity contribution in [3.63, 3.8) is 0 Å². The number of hydrogen-bond acceptors (Lipinski definition) is 3. The van der Waals surface area contributed by atoms with Gasteiger partial charge in [-0.05, 0) is 46.5 Å². The number of ether oxygens (including phenoxy) is 1. The summed E-state index contributed by atoms with van der Waals surface area (Å²) in [6.45, 7) is 6.61. The van der Waals surface area contributed by atoms with Crippen LogP contribution in [0.15, 0.2) is 48.1 Å². The first-order valence-corrected chi connectivity index (χ1v) is 8.13. The molecule has 0 amide bonds. The lowest BCUT2D eigenvalue weighted by Crippen LogP contribution is -2.15. The molecule has 0 saturated heterocycles. The number of nitrogens with zero attached hydrogens (tertiary/aromatic N) is 3. The van der Waals surface area contributed by atoms with Crippen LogP contribution in [0.1, 0.15) is 20.3 Å². The molecule has 1 aromatic carbocycles. The summed E-state index contributed by atoms with van der Waals surface area (Å²) in [7, 11) is 4.15. The molecule has 2 aromatic rings. The summed E-state index contributed by atoms with van der Waals surface area (Å²) < 4.78 is 7.94. The van der Waals surface area contributed by atoms with E-state index < -0.39 is 0 Å². The van der Waals surface area contributed by atoms with Crippen LogP contribution in [0.4, 0.5) is 0 Å². The molecule has 0 saturated carbocycles. The first kappa shape index (κ1) is 17.3. The van der Waals surface area contributed by atoms with E-state index in [1.807, 2.05) is 29.8 Å². The van der Waals surface area contributed by atoms with Gasteiger partial charge >= 0.3 is 0 Å². The summed E-state index contributed by atoms with van der Waals surface area (Å²) in [4.78, 5) is 2.16. The van der Waals surface area contributed by atoms with Gasteiger partial charge in [0.25, 0.3) is 0 Å². The van der Waals surface area contributed by atoms with Crippen LogP contribution >= 0.6 is 0 Å². The summed E-state index contributed by atoms with van der Waals surface area (Å²) in [5.74, 6) is 0.734. The molecule has 0 atom stereocenters. The van der Waals surface area contributed by atoms with Crippen LogP contribution in [0.3, 0.4) is 0 Å². The zero-order chi connectivity index (χ0) is 16.7. The Morgan fingerprint density at radius 1 is 1.30 bits per heavy atom. The molecule has 0 bridgehead atoms. The molecule has 4 nitrogen and oxygen atoms in total. The summed E-state index contributed by atoms with van der Waals surface area (Å²) in [5.41, 5.74) is 2.37. The Hall–Kier alpha value is -2.07. The molecule has 124 valence electrons. The monoisotopic (exact) mass is 313 g/mol. The third kappa shape index (κ3) is 4.96. The molecule has 0 spiro atoms. The number of rotatable bonds is 8. The number of allylic oxidation sites excluding steroid dienone is 4. The Balaban J connectivity index is 2.15. The average molecular weight is 313 g/mol. The van der Waals surface area contributed by atoms with E-state index in [0.717, 1.165) is 36.3 Å². The van der Waals surface area contributed by atoms with Crippen LogP contribution in [-0.2, 0) is 6.54 Å². The van der Waals surface area contributed by atoms with E-state index in [-0.39, 0.29) is 0 Å². The van der Waals surface area contributed by atoms with Gasteiger partial charge in [-0.3, -0.25) is 4.68 Å². The van der Waals surface area contributed by atoms with Gasteiger partial charge < -0.3 is 9.64 Å².